The van der Waals surface area contributed by atoms with Gasteiger partial charge in [-0.05, 0) is 66.3 Å². The molecule has 0 spiro atoms. The highest BCUT2D eigenvalue weighted by molar-refractivity contribution is 7.19. The quantitative estimate of drug-likeness (QED) is 0.229. The zero-order valence-corrected chi connectivity index (χ0v) is 21.8. The Morgan fingerprint density at radius 2 is 1.65 bits per heavy atom. The lowest BCUT2D eigenvalue weighted by Gasteiger charge is -2.14. The minimum absolute atomic E-state index is 0.165. The molecule has 1 N–H and O–H groups in total. The molecule has 0 bridgehead atoms. The molecule has 1 fully saturated rings. The first-order valence-corrected chi connectivity index (χ1v) is 13.6. The number of fused-ring (bicyclic) bond motifs is 1. The predicted molar refractivity (Wildman–Crippen MR) is 149 cm³/mol. The normalized spacial score (nSPS) is 15.1. The molecule has 1 aliphatic carbocycles. The Hall–Kier alpha value is -3.70. The van der Waals surface area contributed by atoms with Crippen LogP contribution in [0.4, 0.5) is 0 Å². The highest BCUT2D eigenvalue weighted by Crippen LogP contribution is 2.51. The van der Waals surface area contributed by atoms with Gasteiger partial charge in [-0.1, -0.05) is 78.8 Å². The van der Waals surface area contributed by atoms with E-state index in [1.165, 1.54) is 15.0 Å². The Kier molecular flexibility index (Phi) is 5.96. The average molecular weight is 508 g/mol. The number of hydrogen-bond donors (Lipinski definition) is 1. The molecule has 1 aliphatic rings. The average Bonchev–Trinajstić information content (AvgIpc) is 3.39. The van der Waals surface area contributed by atoms with Crippen LogP contribution in [-0.4, -0.2) is 16.2 Å². The summed E-state index contributed by atoms with van der Waals surface area (Å²) >= 11 is 1.86. The third kappa shape index (κ3) is 4.60. The molecule has 37 heavy (non-hydrogen) atoms. The summed E-state index contributed by atoms with van der Waals surface area (Å²) in [5.41, 5.74) is 6.33. The first kappa shape index (κ1) is 23.7. The van der Waals surface area contributed by atoms with Crippen LogP contribution in [0.1, 0.15) is 53.8 Å². The van der Waals surface area contributed by atoms with Gasteiger partial charge in [0.25, 0.3) is 0 Å². The number of benzene rings is 3. The molecule has 4 nitrogen and oxygen atoms in total. The van der Waals surface area contributed by atoms with Crippen LogP contribution >= 0.6 is 11.3 Å². The predicted octanol–water partition coefficient (Wildman–Crippen LogP) is 8.38. The summed E-state index contributed by atoms with van der Waals surface area (Å²) in [6, 6.07) is 27.7. The molecule has 0 radical (unpaired) electrons. The second-order valence-electron chi connectivity index (χ2n) is 10.4. The van der Waals surface area contributed by atoms with Gasteiger partial charge in [-0.2, -0.15) is 0 Å². The van der Waals surface area contributed by atoms with E-state index < -0.39 is 5.97 Å². The third-order valence-electron chi connectivity index (χ3n) is 7.75. The minimum Gasteiger partial charge on any atom is -0.481 e. The van der Waals surface area contributed by atoms with Crippen LogP contribution in [0.15, 0.2) is 83.4 Å². The molecule has 5 heteroatoms. The number of carboxylic acids is 1. The molecular formula is C32H29NO3S. The minimum atomic E-state index is -0.725. The van der Waals surface area contributed by atoms with E-state index in [2.05, 4.69) is 90.9 Å². The summed E-state index contributed by atoms with van der Waals surface area (Å²) in [5, 5.41) is 14.9. The summed E-state index contributed by atoms with van der Waals surface area (Å²) in [4.78, 5) is 12.6. The summed E-state index contributed by atoms with van der Waals surface area (Å²) < 4.78 is 7.14. The highest BCUT2D eigenvalue weighted by atomic mass is 32.1. The first-order chi connectivity index (χ1) is 17.9. The van der Waals surface area contributed by atoms with Crippen LogP contribution < -0.4 is 0 Å². The lowest BCUT2D eigenvalue weighted by molar-refractivity contribution is -0.137. The maximum absolute atomic E-state index is 11.2. The van der Waals surface area contributed by atoms with E-state index in [0.717, 1.165) is 58.5 Å². The molecule has 1 atom stereocenters. The number of aryl methyl sites for hydroxylation is 1. The van der Waals surface area contributed by atoms with Gasteiger partial charge in [-0.3, -0.25) is 4.79 Å². The fourth-order valence-corrected chi connectivity index (χ4v) is 6.46. The van der Waals surface area contributed by atoms with E-state index in [1.54, 1.807) is 0 Å². The lowest BCUT2D eigenvalue weighted by Crippen LogP contribution is -2.12. The van der Waals surface area contributed by atoms with Crippen molar-refractivity contribution in [1.82, 2.24) is 5.16 Å². The monoisotopic (exact) mass is 507 g/mol. The van der Waals surface area contributed by atoms with Crippen LogP contribution in [-0.2, 0) is 16.6 Å². The van der Waals surface area contributed by atoms with Crippen LogP contribution in [0.5, 0.6) is 0 Å². The summed E-state index contributed by atoms with van der Waals surface area (Å²) in [6.07, 6.45) is 2.99. The number of nitrogens with zero attached hydrogens (tertiary/aromatic N) is 1. The van der Waals surface area contributed by atoms with Gasteiger partial charge < -0.3 is 9.63 Å². The van der Waals surface area contributed by atoms with Crippen LogP contribution in [0, 0.1) is 6.92 Å². The molecule has 5 aromatic rings. The Balaban J connectivity index is 1.21. The number of hydrogen-bond acceptors (Lipinski definition) is 4. The largest absolute Gasteiger partial charge is 0.481 e. The Labute approximate surface area is 220 Å². The number of carboxylic acid groups (broad SMARTS) is 1. The summed E-state index contributed by atoms with van der Waals surface area (Å²) in [5.74, 6) is 0.483. The molecule has 6 rings (SSSR count). The van der Waals surface area contributed by atoms with Gasteiger partial charge >= 0.3 is 5.97 Å². The zero-order valence-electron chi connectivity index (χ0n) is 21.0. The number of thiophene rings is 1. The van der Waals surface area contributed by atoms with E-state index in [1.807, 2.05) is 18.3 Å². The van der Waals surface area contributed by atoms with Crippen LogP contribution in [0.2, 0.25) is 0 Å². The molecule has 0 saturated heterocycles. The second-order valence-corrected chi connectivity index (χ2v) is 11.5. The van der Waals surface area contributed by atoms with Crippen molar-refractivity contribution in [2.45, 2.75) is 50.9 Å². The molecule has 1 saturated carbocycles. The van der Waals surface area contributed by atoms with Gasteiger partial charge in [-0.25, -0.2) is 0 Å². The maximum Gasteiger partial charge on any atom is 0.304 e. The molecule has 2 aromatic heterocycles. The van der Waals surface area contributed by atoms with Crippen molar-refractivity contribution in [3.05, 3.63) is 101 Å². The van der Waals surface area contributed by atoms with Crippen molar-refractivity contribution in [1.29, 1.82) is 0 Å². The number of carbonyl (C=O) groups is 1. The fourth-order valence-electron chi connectivity index (χ4n) is 5.35. The van der Waals surface area contributed by atoms with Gasteiger partial charge in [0.05, 0.1) is 12.1 Å². The summed E-state index contributed by atoms with van der Waals surface area (Å²) in [6.45, 7) is 4.29. The van der Waals surface area contributed by atoms with Crippen molar-refractivity contribution in [3.8, 4) is 22.5 Å². The van der Waals surface area contributed by atoms with Crippen LogP contribution in [0.3, 0.4) is 0 Å². The molecule has 0 aliphatic heterocycles. The Bertz CT molecular complexity index is 1540. The molecule has 2 heterocycles. The molecule has 3 aromatic carbocycles. The highest BCUT2D eigenvalue weighted by Gasteiger charge is 2.45. The Morgan fingerprint density at radius 3 is 2.30 bits per heavy atom. The van der Waals surface area contributed by atoms with E-state index >= 15 is 0 Å². The van der Waals surface area contributed by atoms with E-state index in [4.69, 9.17) is 4.52 Å². The van der Waals surface area contributed by atoms with Gasteiger partial charge in [0, 0.05) is 26.1 Å². The topological polar surface area (TPSA) is 63.3 Å². The van der Waals surface area contributed by atoms with Crippen molar-refractivity contribution in [2.75, 3.05) is 0 Å². The number of aromatic nitrogens is 1. The fraction of sp³-hybridized carbons (Fsp3) is 0.250. The SMILES string of the molecule is Cc1noc(-c2ccc(-c3ccc(C4(CC(=O)O)CC4)cc3)cc2)c1CC(C)c1cc2ccccc2s1. The van der Waals surface area contributed by atoms with E-state index in [9.17, 15) is 9.90 Å². The second kappa shape index (κ2) is 9.31. The van der Waals surface area contributed by atoms with Crippen molar-refractivity contribution in [3.63, 3.8) is 0 Å². The number of rotatable bonds is 8. The first-order valence-electron chi connectivity index (χ1n) is 12.8. The van der Waals surface area contributed by atoms with Gasteiger partial charge in [0.15, 0.2) is 5.76 Å². The van der Waals surface area contributed by atoms with E-state index in [-0.39, 0.29) is 11.8 Å². The lowest BCUT2D eigenvalue weighted by atomic mass is 9.90. The van der Waals surface area contributed by atoms with Crippen LogP contribution in [0.25, 0.3) is 32.5 Å². The van der Waals surface area contributed by atoms with Gasteiger partial charge in [-0.15, -0.1) is 11.3 Å². The third-order valence-corrected chi connectivity index (χ3v) is 9.09. The molecular weight excluding hydrogens is 478 g/mol. The van der Waals surface area contributed by atoms with Crippen molar-refractivity contribution in [2.24, 2.45) is 0 Å². The Morgan fingerprint density at radius 1 is 1.00 bits per heavy atom. The smallest absolute Gasteiger partial charge is 0.304 e. The van der Waals surface area contributed by atoms with Crippen molar-refractivity contribution < 1.29 is 14.4 Å². The summed E-state index contributed by atoms with van der Waals surface area (Å²) in [7, 11) is 0. The van der Waals surface area contributed by atoms with Gasteiger partial charge in [0.2, 0.25) is 0 Å². The van der Waals surface area contributed by atoms with E-state index in [0.29, 0.717) is 5.92 Å². The number of aliphatic carboxylic acids is 1. The van der Waals surface area contributed by atoms with Gasteiger partial charge in [0.1, 0.15) is 0 Å². The van der Waals surface area contributed by atoms with Crippen molar-refractivity contribution >= 4 is 27.4 Å². The molecule has 1 unspecified atom stereocenters. The molecule has 186 valence electrons. The molecule has 0 amide bonds. The standard InChI is InChI=1S/C32H29NO3S/c1-20(29-18-25-5-3-4-6-28(25)37-29)17-27-21(2)33-36-31(27)24-9-7-22(8-10-24)23-11-13-26(14-12-23)32(15-16-32)19-30(34)35/h3-14,18,20H,15-17,19H2,1-2H3,(H,34,35). The maximum atomic E-state index is 11.2. The zero-order chi connectivity index (χ0) is 25.6.